The van der Waals surface area contributed by atoms with Gasteiger partial charge in [0.25, 0.3) is 0 Å². The Hall–Kier alpha value is -0.570. The number of amides is 1. The van der Waals surface area contributed by atoms with Gasteiger partial charge in [-0.25, -0.2) is 0 Å². The number of hydrogen-bond acceptors (Lipinski definition) is 2. The molecule has 1 rings (SSSR count). The number of hydrogen-bond donors (Lipinski definition) is 2. The summed E-state index contributed by atoms with van der Waals surface area (Å²) in [6.45, 7) is 4.73. The highest BCUT2D eigenvalue weighted by Crippen LogP contribution is 2.31. The zero-order valence-corrected chi connectivity index (χ0v) is 8.55. The third-order valence-electron chi connectivity index (χ3n) is 2.36. The van der Waals surface area contributed by atoms with Gasteiger partial charge in [-0.2, -0.15) is 0 Å². The van der Waals surface area contributed by atoms with Crippen LogP contribution in [0.4, 0.5) is 0 Å². The summed E-state index contributed by atoms with van der Waals surface area (Å²) in [6.07, 6.45) is 3.08. The molecule has 1 unspecified atom stereocenters. The van der Waals surface area contributed by atoms with E-state index in [4.69, 9.17) is 5.73 Å². The first-order valence-electron chi connectivity index (χ1n) is 5.12. The molecular weight excluding hydrogens is 164 g/mol. The number of nitrogens with one attached hydrogen (secondary N) is 1. The molecule has 13 heavy (non-hydrogen) atoms. The molecule has 3 heteroatoms. The van der Waals surface area contributed by atoms with E-state index in [0.717, 1.165) is 0 Å². The lowest BCUT2D eigenvalue weighted by atomic mass is 10.1. The third kappa shape index (κ3) is 4.27. The van der Waals surface area contributed by atoms with Gasteiger partial charge in [0.05, 0.1) is 0 Å². The maximum Gasteiger partial charge on any atom is 0.220 e. The first-order chi connectivity index (χ1) is 6.09. The number of rotatable bonds is 5. The van der Waals surface area contributed by atoms with Gasteiger partial charge in [-0.3, -0.25) is 4.79 Å². The van der Waals surface area contributed by atoms with E-state index < -0.39 is 0 Å². The minimum absolute atomic E-state index is 0.131. The lowest BCUT2D eigenvalue weighted by Crippen LogP contribution is -2.38. The predicted molar refractivity (Wildman–Crippen MR) is 53.2 cm³/mol. The van der Waals surface area contributed by atoms with Crippen LogP contribution >= 0.6 is 0 Å². The van der Waals surface area contributed by atoms with Crippen LogP contribution in [-0.4, -0.2) is 18.5 Å². The van der Waals surface area contributed by atoms with Gasteiger partial charge in [0.15, 0.2) is 0 Å². The Kier molecular flexibility index (Phi) is 3.72. The van der Waals surface area contributed by atoms with Crippen molar-refractivity contribution in [2.24, 2.45) is 17.6 Å². The molecule has 0 bridgehead atoms. The van der Waals surface area contributed by atoms with Crippen LogP contribution in [0.5, 0.6) is 0 Å². The van der Waals surface area contributed by atoms with E-state index in [9.17, 15) is 4.79 Å². The van der Waals surface area contributed by atoms with E-state index in [1.165, 1.54) is 12.8 Å². The minimum Gasteiger partial charge on any atom is -0.355 e. The van der Waals surface area contributed by atoms with Crippen LogP contribution in [0.15, 0.2) is 0 Å². The maximum absolute atomic E-state index is 11.2. The van der Waals surface area contributed by atoms with E-state index in [2.05, 4.69) is 5.32 Å². The lowest BCUT2D eigenvalue weighted by Gasteiger charge is -2.12. The highest BCUT2D eigenvalue weighted by atomic mass is 16.1. The van der Waals surface area contributed by atoms with Crippen LogP contribution in [-0.2, 0) is 4.79 Å². The summed E-state index contributed by atoms with van der Waals surface area (Å²) < 4.78 is 0. The fourth-order valence-corrected chi connectivity index (χ4v) is 1.37. The van der Waals surface area contributed by atoms with Gasteiger partial charge in [-0.05, 0) is 24.7 Å². The summed E-state index contributed by atoms with van der Waals surface area (Å²) in [6, 6.07) is 0.177. The molecule has 3 N–H and O–H groups in total. The van der Waals surface area contributed by atoms with Crippen LogP contribution in [0.2, 0.25) is 0 Å². The van der Waals surface area contributed by atoms with E-state index >= 15 is 0 Å². The van der Waals surface area contributed by atoms with Crippen LogP contribution in [0.3, 0.4) is 0 Å². The first kappa shape index (κ1) is 10.5. The van der Waals surface area contributed by atoms with Crippen molar-refractivity contribution in [3.05, 3.63) is 0 Å². The highest BCUT2D eigenvalue weighted by Gasteiger charge is 2.28. The van der Waals surface area contributed by atoms with Crippen molar-refractivity contribution in [3.63, 3.8) is 0 Å². The summed E-state index contributed by atoms with van der Waals surface area (Å²) in [5, 5.41) is 2.87. The summed E-state index contributed by atoms with van der Waals surface area (Å²) >= 11 is 0. The fourth-order valence-electron chi connectivity index (χ4n) is 1.37. The van der Waals surface area contributed by atoms with Crippen LogP contribution in [0.25, 0.3) is 0 Å². The Morgan fingerprint density at radius 3 is 2.62 bits per heavy atom. The molecule has 76 valence electrons. The van der Waals surface area contributed by atoms with E-state index in [1.54, 1.807) is 0 Å². The van der Waals surface area contributed by atoms with Gasteiger partial charge in [0.2, 0.25) is 5.91 Å². The molecule has 1 fully saturated rings. The molecule has 0 saturated heterocycles. The Morgan fingerprint density at radius 2 is 2.15 bits per heavy atom. The largest absolute Gasteiger partial charge is 0.355 e. The molecule has 0 aromatic carbocycles. The summed E-state index contributed by atoms with van der Waals surface area (Å²) in [5.74, 6) is 1.22. The number of nitrogens with two attached hydrogens (primary N) is 1. The van der Waals surface area contributed by atoms with Gasteiger partial charge in [-0.15, -0.1) is 0 Å². The van der Waals surface area contributed by atoms with Crippen molar-refractivity contribution in [2.75, 3.05) is 6.54 Å². The van der Waals surface area contributed by atoms with Gasteiger partial charge >= 0.3 is 0 Å². The summed E-state index contributed by atoms with van der Waals surface area (Å²) in [4.78, 5) is 11.2. The molecule has 0 aromatic heterocycles. The lowest BCUT2D eigenvalue weighted by molar-refractivity contribution is -0.121. The molecule has 0 heterocycles. The maximum atomic E-state index is 11.2. The summed E-state index contributed by atoms with van der Waals surface area (Å²) in [7, 11) is 0. The van der Waals surface area contributed by atoms with Gasteiger partial charge in [0.1, 0.15) is 0 Å². The van der Waals surface area contributed by atoms with Crippen molar-refractivity contribution in [3.8, 4) is 0 Å². The predicted octanol–water partition coefficient (Wildman–Crippen LogP) is 0.886. The second-order valence-corrected chi connectivity index (χ2v) is 4.40. The second kappa shape index (κ2) is 4.61. The number of carbonyl (C=O) groups excluding carboxylic acids is 1. The van der Waals surface area contributed by atoms with Gasteiger partial charge in [0, 0.05) is 19.0 Å². The van der Waals surface area contributed by atoms with Gasteiger partial charge in [-0.1, -0.05) is 13.8 Å². The molecule has 1 atom stereocenters. The zero-order chi connectivity index (χ0) is 9.84. The van der Waals surface area contributed by atoms with Crippen molar-refractivity contribution in [2.45, 2.75) is 39.2 Å². The van der Waals surface area contributed by atoms with Crippen LogP contribution < -0.4 is 11.1 Å². The van der Waals surface area contributed by atoms with Crippen molar-refractivity contribution in [1.82, 2.24) is 5.32 Å². The SMILES string of the molecule is CC(C)CC(=O)NCC(N)C1CC1. The highest BCUT2D eigenvalue weighted by molar-refractivity contribution is 5.76. The molecule has 1 saturated carbocycles. The summed E-state index contributed by atoms with van der Waals surface area (Å²) in [5.41, 5.74) is 5.84. The average Bonchev–Trinajstić information content (AvgIpc) is 2.80. The van der Waals surface area contributed by atoms with Crippen LogP contribution in [0, 0.1) is 11.8 Å². The Morgan fingerprint density at radius 1 is 1.54 bits per heavy atom. The average molecular weight is 184 g/mol. The van der Waals surface area contributed by atoms with Crippen molar-refractivity contribution < 1.29 is 4.79 Å². The second-order valence-electron chi connectivity index (χ2n) is 4.40. The molecule has 1 amide bonds. The molecule has 1 aliphatic carbocycles. The van der Waals surface area contributed by atoms with Crippen LogP contribution in [0.1, 0.15) is 33.1 Å². The van der Waals surface area contributed by atoms with Crippen molar-refractivity contribution in [1.29, 1.82) is 0 Å². The Balaban J connectivity index is 2.06. The molecule has 0 spiro atoms. The molecule has 0 aliphatic heterocycles. The molecule has 0 radical (unpaired) electrons. The van der Waals surface area contributed by atoms with Crippen molar-refractivity contribution >= 4 is 5.91 Å². The quantitative estimate of drug-likeness (QED) is 0.666. The Bertz CT molecular complexity index is 176. The first-order valence-corrected chi connectivity index (χ1v) is 5.12. The Labute approximate surface area is 80.1 Å². The molecule has 1 aliphatic rings. The third-order valence-corrected chi connectivity index (χ3v) is 2.36. The number of carbonyl (C=O) groups is 1. The zero-order valence-electron chi connectivity index (χ0n) is 8.55. The topological polar surface area (TPSA) is 55.1 Å². The fraction of sp³-hybridized carbons (Fsp3) is 0.900. The van der Waals surface area contributed by atoms with E-state index in [0.29, 0.717) is 24.8 Å². The normalized spacial score (nSPS) is 18.8. The minimum atomic E-state index is 0.131. The smallest absolute Gasteiger partial charge is 0.220 e. The molecule has 3 nitrogen and oxygen atoms in total. The monoisotopic (exact) mass is 184 g/mol. The van der Waals surface area contributed by atoms with E-state index in [1.807, 2.05) is 13.8 Å². The van der Waals surface area contributed by atoms with E-state index in [-0.39, 0.29) is 11.9 Å². The van der Waals surface area contributed by atoms with Gasteiger partial charge < -0.3 is 11.1 Å². The standard InChI is InChI=1S/C10H20N2O/c1-7(2)5-10(13)12-6-9(11)8-3-4-8/h7-9H,3-6,11H2,1-2H3,(H,12,13). The molecule has 0 aromatic rings. The molecular formula is C10H20N2O.